The first kappa shape index (κ1) is 22.9. The number of methoxy groups -OCH3 is 1. The molecule has 1 unspecified atom stereocenters. The standard InChI is InChI=1S/C26H29NO6/c1-4-32-26(30)25-22(17-9-5-6-10-21(17)31-3)23(29)18-11-12-20(28)19(24(18)33-25)15-27-13-7-8-16(2)14-27/h5-6,9-12,16,28H,4,7-8,13-15H2,1-3H3. The van der Waals surface area contributed by atoms with Crippen molar-refractivity contribution >= 4 is 16.9 Å². The fraction of sp³-hybridized carbons (Fsp3) is 0.385. The molecule has 1 atom stereocenters. The van der Waals surface area contributed by atoms with E-state index in [9.17, 15) is 14.7 Å². The van der Waals surface area contributed by atoms with Crippen LogP contribution in [0.5, 0.6) is 11.5 Å². The van der Waals surface area contributed by atoms with Gasteiger partial charge < -0.3 is 19.0 Å². The van der Waals surface area contributed by atoms with E-state index >= 15 is 0 Å². The summed E-state index contributed by atoms with van der Waals surface area (Å²) in [5.41, 5.74) is 0.854. The summed E-state index contributed by atoms with van der Waals surface area (Å²) in [5.74, 6) is 0.0888. The summed E-state index contributed by atoms with van der Waals surface area (Å²) in [4.78, 5) is 28.8. The van der Waals surface area contributed by atoms with Gasteiger partial charge in [0.2, 0.25) is 11.2 Å². The van der Waals surface area contributed by atoms with Gasteiger partial charge in [-0.2, -0.15) is 0 Å². The minimum Gasteiger partial charge on any atom is -0.507 e. The predicted octanol–water partition coefficient (Wildman–Crippen LogP) is 4.58. The van der Waals surface area contributed by atoms with Crippen molar-refractivity contribution in [3.05, 3.63) is 57.9 Å². The van der Waals surface area contributed by atoms with Crippen molar-refractivity contribution in [1.29, 1.82) is 0 Å². The van der Waals surface area contributed by atoms with Crippen LogP contribution in [-0.4, -0.2) is 42.8 Å². The van der Waals surface area contributed by atoms with Crippen molar-refractivity contribution < 1.29 is 23.8 Å². The van der Waals surface area contributed by atoms with Gasteiger partial charge in [0.15, 0.2) is 0 Å². The summed E-state index contributed by atoms with van der Waals surface area (Å²) in [7, 11) is 1.50. The first-order valence-electron chi connectivity index (χ1n) is 11.3. The summed E-state index contributed by atoms with van der Waals surface area (Å²) < 4.78 is 16.8. The highest BCUT2D eigenvalue weighted by molar-refractivity contribution is 5.99. The van der Waals surface area contributed by atoms with E-state index in [-0.39, 0.29) is 34.7 Å². The quantitative estimate of drug-likeness (QED) is 0.549. The Kier molecular flexibility index (Phi) is 6.70. The number of hydrogen-bond donors (Lipinski definition) is 1. The smallest absolute Gasteiger partial charge is 0.375 e. The van der Waals surface area contributed by atoms with Gasteiger partial charge >= 0.3 is 5.97 Å². The maximum absolute atomic E-state index is 13.7. The van der Waals surface area contributed by atoms with Crippen molar-refractivity contribution in [1.82, 2.24) is 4.90 Å². The molecule has 7 heteroatoms. The van der Waals surface area contributed by atoms with Gasteiger partial charge in [-0.05, 0) is 50.4 Å². The lowest BCUT2D eigenvalue weighted by Crippen LogP contribution is -2.33. The number of para-hydroxylation sites is 1. The third-order valence-corrected chi connectivity index (χ3v) is 6.10. The molecule has 0 spiro atoms. The molecule has 1 fully saturated rings. The zero-order valence-corrected chi connectivity index (χ0v) is 19.2. The van der Waals surface area contributed by atoms with E-state index in [0.717, 1.165) is 19.5 Å². The van der Waals surface area contributed by atoms with E-state index in [1.807, 2.05) is 0 Å². The lowest BCUT2D eigenvalue weighted by molar-refractivity contribution is 0.0492. The number of phenolic OH excluding ortho intramolecular Hbond substituents is 1. The van der Waals surface area contributed by atoms with Gasteiger partial charge in [0.05, 0.1) is 30.2 Å². The van der Waals surface area contributed by atoms with Crippen LogP contribution in [0.4, 0.5) is 0 Å². The Morgan fingerprint density at radius 1 is 1.24 bits per heavy atom. The minimum atomic E-state index is -0.738. The summed E-state index contributed by atoms with van der Waals surface area (Å²) in [5, 5.41) is 11.0. The van der Waals surface area contributed by atoms with Crippen LogP contribution in [0.2, 0.25) is 0 Å². The molecule has 0 bridgehead atoms. The highest BCUT2D eigenvalue weighted by Crippen LogP contribution is 2.35. The van der Waals surface area contributed by atoms with Crippen LogP contribution in [0.3, 0.4) is 0 Å². The van der Waals surface area contributed by atoms with Crippen LogP contribution >= 0.6 is 0 Å². The fourth-order valence-corrected chi connectivity index (χ4v) is 4.55. The highest BCUT2D eigenvalue weighted by Gasteiger charge is 2.27. The summed E-state index contributed by atoms with van der Waals surface area (Å²) >= 11 is 0. The average Bonchev–Trinajstić information content (AvgIpc) is 2.81. The molecule has 0 radical (unpaired) electrons. The molecule has 1 saturated heterocycles. The molecule has 2 aromatic carbocycles. The van der Waals surface area contributed by atoms with E-state index in [4.69, 9.17) is 13.9 Å². The highest BCUT2D eigenvalue weighted by atomic mass is 16.5. The van der Waals surface area contributed by atoms with E-state index in [1.54, 1.807) is 31.2 Å². The topological polar surface area (TPSA) is 89.2 Å². The molecular weight excluding hydrogens is 422 g/mol. The number of esters is 1. The Morgan fingerprint density at radius 3 is 2.76 bits per heavy atom. The lowest BCUT2D eigenvalue weighted by atomic mass is 9.98. The van der Waals surface area contributed by atoms with Crippen molar-refractivity contribution in [2.24, 2.45) is 5.92 Å². The number of carbonyl (C=O) groups is 1. The molecule has 1 aliphatic heterocycles. The monoisotopic (exact) mass is 451 g/mol. The number of fused-ring (bicyclic) bond motifs is 1. The average molecular weight is 452 g/mol. The number of aromatic hydroxyl groups is 1. The first-order chi connectivity index (χ1) is 15.9. The second kappa shape index (κ2) is 9.67. The van der Waals surface area contributed by atoms with Crippen LogP contribution in [0.1, 0.15) is 42.8 Å². The Labute approximate surface area is 192 Å². The molecule has 3 aromatic rings. The number of phenols is 1. The Bertz CT molecular complexity index is 1230. The number of benzene rings is 2. The number of hydrogen-bond acceptors (Lipinski definition) is 7. The molecule has 174 valence electrons. The second-order valence-electron chi connectivity index (χ2n) is 8.48. The summed E-state index contributed by atoms with van der Waals surface area (Å²) in [6.07, 6.45) is 2.24. The van der Waals surface area contributed by atoms with Gasteiger partial charge in [-0.3, -0.25) is 9.69 Å². The van der Waals surface area contributed by atoms with Gasteiger partial charge in [-0.25, -0.2) is 4.79 Å². The van der Waals surface area contributed by atoms with Crippen LogP contribution < -0.4 is 10.2 Å². The van der Waals surface area contributed by atoms with E-state index in [0.29, 0.717) is 34.7 Å². The molecule has 1 aromatic heterocycles. The van der Waals surface area contributed by atoms with Crippen LogP contribution in [-0.2, 0) is 11.3 Å². The molecule has 0 aliphatic carbocycles. The van der Waals surface area contributed by atoms with Crippen LogP contribution in [0.25, 0.3) is 22.1 Å². The Balaban J connectivity index is 1.95. The van der Waals surface area contributed by atoms with Gasteiger partial charge in [-0.1, -0.05) is 25.1 Å². The zero-order chi connectivity index (χ0) is 23.5. The Hall–Kier alpha value is -3.32. The summed E-state index contributed by atoms with van der Waals surface area (Å²) in [6.45, 7) is 6.23. The fourth-order valence-electron chi connectivity index (χ4n) is 4.55. The van der Waals surface area contributed by atoms with Crippen molar-refractivity contribution in [2.45, 2.75) is 33.2 Å². The second-order valence-corrected chi connectivity index (χ2v) is 8.48. The molecule has 1 N–H and O–H groups in total. The maximum atomic E-state index is 13.7. The lowest BCUT2D eigenvalue weighted by Gasteiger charge is -2.31. The molecule has 33 heavy (non-hydrogen) atoms. The van der Waals surface area contributed by atoms with E-state index in [2.05, 4.69) is 11.8 Å². The molecule has 2 heterocycles. The SMILES string of the molecule is CCOC(=O)c1oc2c(CN3CCCC(C)C3)c(O)ccc2c(=O)c1-c1ccccc1OC. The third kappa shape index (κ3) is 4.46. The van der Waals surface area contributed by atoms with Gasteiger partial charge in [0, 0.05) is 18.7 Å². The van der Waals surface area contributed by atoms with Crippen LogP contribution in [0, 0.1) is 5.92 Å². The van der Waals surface area contributed by atoms with Crippen LogP contribution in [0.15, 0.2) is 45.6 Å². The molecular formula is C26H29NO6. The largest absolute Gasteiger partial charge is 0.507 e. The molecule has 7 nitrogen and oxygen atoms in total. The van der Waals surface area contributed by atoms with E-state index in [1.165, 1.54) is 25.7 Å². The first-order valence-corrected chi connectivity index (χ1v) is 11.3. The number of piperidine rings is 1. The molecule has 0 amide bonds. The van der Waals surface area contributed by atoms with Gasteiger partial charge in [0.1, 0.15) is 17.1 Å². The normalized spacial score (nSPS) is 16.6. The third-order valence-electron chi connectivity index (χ3n) is 6.10. The summed E-state index contributed by atoms with van der Waals surface area (Å²) in [6, 6.07) is 10.0. The molecule has 4 rings (SSSR count). The minimum absolute atomic E-state index is 0.0312. The van der Waals surface area contributed by atoms with E-state index < -0.39 is 5.97 Å². The number of rotatable bonds is 6. The molecule has 0 saturated carbocycles. The van der Waals surface area contributed by atoms with Crippen molar-refractivity contribution in [3.8, 4) is 22.6 Å². The number of likely N-dealkylation sites (tertiary alicyclic amines) is 1. The maximum Gasteiger partial charge on any atom is 0.375 e. The number of nitrogens with zero attached hydrogens (tertiary/aromatic N) is 1. The number of ether oxygens (including phenoxy) is 2. The number of carbonyl (C=O) groups excluding carboxylic acids is 1. The predicted molar refractivity (Wildman–Crippen MR) is 126 cm³/mol. The van der Waals surface area contributed by atoms with Crippen molar-refractivity contribution in [3.63, 3.8) is 0 Å². The van der Waals surface area contributed by atoms with Crippen molar-refractivity contribution in [2.75, 3.05) is 26.8 Å². The molecule has 1 aliphatic rings. The zero-order valence-electron chi connectivity index (χ0n) is 19.2. The van der Waals surface area contributed by atoms with Gasteiger partial charge in [-0.15, -0.1) is 0 Å². The Morgan fingerprint density at radius 2 is 2.03 bits per heavy atom. The van der Waals surface area contributed by atoms with Gasteiger partial charge in [0.25, 0.3) is 0 Å².